The van der Waals surface area contributed by atoms with E-state index < -0.39 is 0 Å². The minimum atomic E-state index is 0.0138. The third kappa shape index (κ3) is 5.10. The lowest BCUT2D eigenvalue weighted by Crippen LogP contribution is -2.30. The Hall–Kier alpha value is -3.42. The predicted octanol–water partition coefficient (Wildman–Crippen LogP) is 3.13. The van der Waals surface area contributed by atoms with Gasteiger partial charge in [-0.25, -0.2) is 0 Å². The number of methoxy groups -OCH3 is 2. The van der Waals surface area contributed by atoms with Gasteiger partial charge in [0.25, 0.3) is 0 Å². The summed E-state index contributed by atoms with van der Waals surface area (Å²) in [6.07, 6.45) is 2.33. The Morgan fingerprint density at radius 2 is 1.97 bits per heavy atom. The molecule has 152 valence electrons. The summed E-state index contributed by atoms with van der Waals surface area (Å²) in [6.45, 7) is 3.03. The highest BCUT2D eigenvalue weighted by atomic mass is 16.5. The molecule has 0 radical (unpaired) electrons. The average Bonchev–Trinajstić information content (AvgIpc) is 3.25. The summed E-state index contributed by atoms with van der Waals surface area (Å²) in [5.74, 6) is 2.15. The van der Waals surface area contributed by atoms with Crippen molar-refractivity contribution in [3.63, 3.8) is 0 Å². The van der Waals surface area contributed by atoms with Gasteiger partial charge in [-0.3, -0.25) is 9.78 Å². The molecule has 0 aliphatic heterocycles. The zero-order valence-electron chi connectivity index (χ0n) is 16.8. The van der Waals surface area contributed by atoms with Gasteiger partial charge in [0.1, 0.15) is 5.69 Å². The van der Waals surface area contributed by atoms with E-state index in [1.165, 1.54) is 0 Å². The minimum Gasteiger partial charge on any atom is -0.493 e. The first-order valence-corrected chi connectivity index (χ1v) is 9.37. The van der Waals surface area contributed by atoms with E-state index in [1.54, 1.807) is 25.3 Å². The molecule has 2 heterocycles. The Morgan fingerprint density at radius 3 is 2.66 bits per heavy atom. The molecule has 0 spiro atoms. The molecule has 0 saturated carbocycles. The van der Waals surface area contributed by atoms with Gasteiger partial charge in [0, 0.05) is 32.1 Å². The van der Waals surface area contributed by atoms with Crippen molar-refractivity contribution in [3.8, 4) is 23.0 Å². The number of hydrogen-bond donors (Lipinski definition) is 0. The monoisotopic (exact) mass is 396 g/mol. The van der Waals surface area contributed by atoms with Crippen molar-refractivity contribution in [2.24, 2.45) is 0 Å². The molecule has 0 N–H and O–H groups in total. The van der Waals surface area contributed by atoms with E-state index in [2.05, 4.69) is 15.1 Å². The van der Waals surface area contributed by atoms with Crippen molar-refractivity contribution in [2.45, 2.75) is 26.3 Å². The van der Waals surface area contributed by atoms with Crippen molar-refractivity contribution in [2.75, 3.05) is 20.8 Å². The van der Waals surface area contributed by atoms with Gasteiger partial charge >= 0.3 is 0 Å². The van der Waals surface area contributed by atoms with Crippen molar-refractivity contribution >= 4 is 5.91 Å². The second-order valence-electron chi connectivity index (χ2n) is 6.32. The van der Waals surface area contributed by atoms with Crippen molar-refractivity contribution in [1.82, 2.24) is 20.0 Å². The van der Waals surface area contributed by atoms with Gasteiger partial charge in [0.2, 0.25) is 17.6 Å². The number of ether oxygens (including phenoxy) is 2. The molecule has 3 rings (SSSR count). The molecule has 0 bridgehead atoms. The van der Waals surface area contributed by atoms with Crippen LogP contribution in [0.25, 0.3) is 11.5 Å². The molecule has 29 heavy (non-hydrogen) atoms. The van der Waals surface area contributed by atoms with Gasteiger partial charge in [-0.1, -0.05) is 17.3 Å². The first-order chi connectivity index (χ1) is 14.1. The molecule has 0 fully saturated rings. The summed E-state index contributed by atoms with van der Waals surface area (Å²) in [6, 6.07) is 11.1. The Balaban J connectivity index is 1.60. The molecule has 1 aromatic carbocycles. The lowest BCUT2D eigenvalue weighted by molar-refractivity contribution is -0.131. The number of amides is 1. The van der Waals surface area contributed by atoms with Gasteiger partial charge < -0.3 is 18.9 Å². The number of aryl methyl sites for hydroxylation is 1. The number of rotatable bonds is 9. The van der Waals surface area contributed by atoms with Crippen LogP contribution < -0.4 is 9.47 Å². The second kappa shape index (κ2) is 9.68. The zero-order chi connectivity index (χ0) is 20.6. The molecular weight excluding hydrogens is 372 g/mol. The quantitative estimate of drug-likeness (QED) is 0.549. The maximum Gasteiger partial charge on any atom is 0.227 e. The van der Waals surface area contributed by atoms with Crippen LogP contribution >= 0.6 is 0 Å². The molecule has 0 aliphatic rings. The van der Waals surface area contributed by atoms with Gasteiger partial charge in [0.05, 0.1) is 14.2 Å². The summed E-state index contributed by atoms with van der Waals surface area (Å²) in [5.41, 5.74) is 1.60. The Labute approximate surface area is 169 Å². The van der Waals surface area contributed by atoms with Crippen LogP contribution in [-0.4, -0.2) is 46.7 Å². The minimum absolute atomic E-state index is 0.0138. The first kappa shape index (κ1) is 20.3. The standard InChI is InChI=1S/C21H24N4O4/c1-4-25(14-15-8-9-17(27-2)18(13-15)28-3)20(26)11-10-19-23-21(24-29-19)16-7-5-6-12-22-16/h5-9,12-13H,4,10-11,14H2,1-3H3. The van der Waals surface area contributed by atoms with Crippen LogP contribution in [0, 0.1) is 0 Å². The summed E-state index contributed by atoms with van der Waals surface area (Å²) in [4.78, 5) is 23.0. The van der Waals surface area contributed by atoms with Crippen LogP contribution in [0.5, 0.6) is 11.5 Å². The van der Waals surface area contributed by atoms with Crippen molar-refractivity contribution in [1.29, 1.82) is 0 Å². The Kier molecular flexibility index (Phi) is 6.78. The summed E-state index contributed by atoms with van der Waals surface area (Å²) in [7, 11) is 3.18. The molecule has 8 heteroatoms. The molecular formula is C21H24N4O4. The smallest absolute Gasteiger partial charge is 0.227 e. The van der Waals surface area contributed by atoms with Crippen LogP contribution in [0.2, 0.25) is 0 Å². The van der Waals surface area contributed by atoms with E-state index >= 15 is 0 Å². The fourth-order valence-corrected chi connectivity index (χ4v) is 2.90. The fourth-order valence-electron chi connectivity index (χ4n) is 2.90. The van der Waals surface area contributed by atoms with Gasteiger partial charge in [-0.2, -0.15) is 4.98 Å². The molecule has 0 saturated heterocycles. The predicted molar refractivity (Wildman–Crippen MR) is 106 cm³/mol. The molecule has 2 aromatic heterocycles. The van der Waals surface area contributed by atoms with Gasteiger partial charge in [-0.15, -0.1) is 0 Å². The van der Waals surface area contributed by atoms with Crippen LogP contribution in [0.3, 0.4) is 0 Å². The largest absolute Gasteiger partial charge is 0.493 e. The molecule has 1 amide bonds. The van der Waals surface area contributed by atoms with E-state index in [4.69, 9.17) is 14.0 Å². The van der Waals surface area contributed by atoms with Crippen LogP contribution in [0.1, 0.15) is 24.8 Å². The summed E-state index contributed by atoms with van der Waals surface area (Å²) in [5, 5.41) is 3.93. The number of carbonyl (C=O) groups is 1. The number of carbonyl (C=O) groups excluding carboxylic acids is 1. The van der Waals surface area contributed by atoms with E-state index in [0.717, 1.165) is 5.56 Å². The van der Waals surface area contributed by atoms with Crippen LogP contribution in [0.4, 0.5) is 0 Å². The van der Waals surface area contributed by atoms with Crippen LogP contribution in [0.15, 0.2) is 47.1 Å². The number of hydrogen-bond acceptors (Lipinski definition) is 7. The van der Waals surface area contributed by atoms with E-state index in [1.807, 2.05) is 43.3 Å². The van der Waals surface area contributed by atoms with Gasteiger partial charge in [0.15, 0.2) is 11.5 Å². The topological polar surface area (TPSA) is 90.6 Å². The first-order valence-electron chi connectivity index (χ1n) is 9.37. The van der Waals surface area contributed by atoms with Crippen LogP contribution in [-0.2, 0) is 17.8 Å². The lowest BCUT2D eigenvalue weighted by Gasteiger charge is -2.21. The van der Waals surface area contributed by atoms with Crippen molar-refractivity contribution < 1.29 is 18.8 Å². The maximum absolute atomic E-state index is 12.7. The highest BCUT2D eigenvalue weighted by molar-refractivity contribution is 5.76. The Morgan fingerprint density at radius 1 is 1.14 bits per heavy atom. The number of aromatic nitrogens is 3. The summed E-state index contributed by atoms with van der Waals surface area (Å²) < 4.78 is 15.8. The highest BCUT2D eigenvalue weighted by Crippen LogP contribution is 2.28. The van der Waals surface area contributed by atoms with E-state index in [-0.39, 0.29) is 12.3 Å². The Bertz CT molecular complexity index is 943. The van der Waals surface area contributed by atoms with E-state index in [0.29, 0.717) is 48.4 Å². The molecule has 0 aliphatic carbocycles. The highest BCUT2D eigenvalue weighted by Gasteiger charge is 2.16. The summed E-state index contributed by atoms with van der Waals surface area (Å²) >= 11 is 0. The SMILES string of the molecule is CCN(Cc1ccc(OC)c(OC)c1)C(=O)CCc1nc(-c2ccccn2)no1. The number of nitrogens with zero attached hydrogens (tertiary/aromatic N) is 4. The molecule has 8 nitrogen and oxygen atoms in total. The average molecular weight is 396 g/mol. The lowest BCUT2D eigenvalue weighted by atomic mass is 10.1. The van der Waals surface area contributed by atoms with Crippen molar-refractivity contribution in [3.05, 3.63) is 54.0 Å². The molecule has 0 atom stereocenters. The van der Waals surface area contributed by atoms with Gasteiger partial charge in [-0.05, 0) is 36.8 Å². The fraction of sp³-hybridized carbons (Fsp3) is 0.333. The maximum atomic E-state index is 12.7. The second-order valence-corrected chi connectivity index (χ2v) is 6.32. The van der Waals surface area contributed by atoms with E-state index in [9.17, 15) is 4.79 Å². The third-order valence-corrected chi connectivity index (χ3v) is 4.47. The third-order valence-electron chi connectivity index (χ3n) is 4.47. The molecule has 0 unspecified atom stereocenters. The normalized spacial score (nSPS) is 10.6. The zero-order valence-corrected chi connectivity index (χ0v) is 16.8. The number of pyridine rings is 1. The number of benzene rings is 1. The molecule has 3 aromatic rings.